The average Bonchev–Trinajstić information content (AvgIpc) is 2.76. The largest absolute Gasteiger partial charge is 0.306 e. The Hall–Kier alpha value is -0.0800. The lowest BCUT2D eigenvalue weighted by molar-refractivity contribution is 0.266. The maximum absolute atomic E-state index is 2.69. The lowest BCUT2D eigenvalue weighted by Crippen LogP contribution is -2.28. The van der Waals surface area contributed by atoms with E-state index in [1.165, 1.54) is 52.0 Å². The van der Waals surface area contributed by atoms with E-state index in [9.17, 15) is 0 Å². The summed E-state index contributed by atoms with van der Waals surface area (Å²) >= 11 is 0. The first-order valence-electron chi connectivity index (χ1n) is 6.18. The molecule has 0 aliphatic carbocycles. The Balaban J connectivity index is 1.71. The third-order valence-corrected chi connectivity index (χ3v) is 3.95. The number of rotatable bonds is 3. The summed E-state index contributed by atoms with van der Waals surface area (Å²) < 4.78 is 0. The first-order valence-corrected chi connectivity index (χ1v) is 6.18. The molecule has 1 unspecified atom stereocenters. The fraction of sp³-hybridized carbons (Fsp3) is 1.00. The van der Waals surface area contributed by atoms with Gasteiger partial charge in [0.2, 0.25) is 0 Å². The van der Waals surface area contributed by atoms with Gasteiger partial charge in [-0.1, -0.05) is 13.3 Å². The summed E-state index contributed by atoms with van der Waals surface area (Å²) in [5.74, 6) is 1.95. The molecule has 2 nitrogen and oxygen atoms in total. The molecular formula is C12H24N2. The molecule has 0 aromatic heterocycles. The van der Waals surface area contributed by atoms with Gasteiger partial charge in [-0.05, 0) is 44.8 Å². The molecule has 0 saturated carbocycles. The van der Waals surface area contributed by atoms with Crippen LogP contribution in [-0.4, -0.2) is 49.6 Å². The molecule has 2 aliphatic heterocycles. The minimum atomic E-state index is 0.954. The van der Waals surface area contributed by atoms with Crippen molar-refractivity contribution in [1.29, 1.82) is 0 Å². The molecule has 0 aromatic rings. The second-order valence-electron chi connectivity index (χ2n) is 5.24. The van der Waals surface area contributed by atoms with Crippen molar-refractivity contribution in [2.75, 3.05) is 39.8 Å². The summed E-state index contributed by atoms with van der Waals surface area (Å²) in [4.78, 5) is 5.16. The minimum absolute atomic E-state index is 0.954. The predicted molar refractivity (Wildman–Crippen MR) is 60.4 cm³/mol. The SMILES string of the molecule is CCC1CCN(C[C@H]2CCN(C)C2)C1. The summed E-state index contributed by atoms with van der Waals surface area (Å²) in [5.41, 5.74) is 0. The molecule has 0 amide bonds. The zero-order chi connectivity index (χ0) is 9.97. The van der Waals surface area contributed by atoms with E-state index in [1.54, 1.807) is 0 Å². The molecule has 0 N–H and O–H groups in total. The van der Waals surface area contributed by atoms with E-state index in [0.717, 1.165) is 11.8 Å². The van der Waals surface area contributed by atoms with Crippen molar-refractivity contribution in [3.05, 3.63) is 0 Å². The van der Waals surface area contributed by atoms with Crippen molar-refractivity contribution >= 4 is 0 Å². The molecule has 2 heteroatoms. The second-order valence-corrected chi connectivity index (χ2v) is 5.24. The molecule has 2 atom stereocenters. The summed E-state index contributed by atoms with van der Waals surface area (Å²) in [6.45, 7) is 9.07. The van der Waals surface area contributed by atoms with Gasteiger partial charge in [0.1, 0.15) is 0 Å². The van der Waals surface area contributed by atoms with Crippen molar-refractivity contribution in [3.8, 4) is 0 Å². The van der Waals surface area contributed by atoms with Gasteiger partial charge in [-0.2, -0.15) is 0 Å². The molecule has 14 heavy (non-hydrogen) atoms. The maximum Gasteiger partial charge on any atom is 0.00225 e. The van der Waals surface area contributed by atoms with Gasteiger partial charge in [-0.15, -0.1) is 0 Å². The second kappa shape index (κ2) is 4.63. The Bertz CT molecular complexity index is 181. The van der Waals surface area contributed by atoms with Gasteiger partial charge in [-0.25, -0.2) is 0 Å². The summed E-state index contributed by atoms with van der Waals surface area (Å²) in [6.07, 6.45) is 4.24. The smallest absolute Gasteiger partial charge is 0.00225 e. The van der Waals surface area contributed by atoms with E-state index in [1.807, 2.05) is 0 Å². The molecular weight excluding hydrogens is 172 g/mol. The first-order chi connectivity index (χ1) is 6.78. The van der Waals surface area contributed by atoms with E-state index in [-0.39, 0.29) is 0 Å². The van der Waals surface area contributed by atoms with Crippen LogP contribution in [0.1, 0.15) is 26.2 Å². The van der Waals surface area contributed by atoms with Crippen LogP contribution in [0.4, 0.5) is 0 Å². The predicted octanol–water partition coefficient (Wildman–Crippen LogP) is 1.67. The quantitative estimate of drug-likeness (QED) is 0.677. The molecule has 2 rings (SSSR count). The van der Waals surface area contributed by atoms with Crippen molar-refractivity contribution in [2.45, 2.75) is 26.2 Å². The zero-order valence-electron chi connectivity index (χ0n) is 9.71. The molecule has 2 fully saturated rings. The third kappa shape index (κ3) is 2.48. The van der Waals surface area contributed by atoms with Crippen molar-refractivity contribution in [3.63, 3.8) is 0 Å². The van der Waals surface area contributed by atoms with E-state index in [2.05, 4.69) is 23.8 Å². The van der Waals surface area contributed by atoms with Crippen LogP contribution in [0.15, 0.2) is 0 Å². The summed E-state index contributed by atoms with van der Waals surface area (Å²) in [5, 5.41) is 0. The Morgan fingerprint density at radius 1 is 1.07 bits per heavy atom. The fourth-order valence-corrected chi connectivity index (χ4v) is 2.95. The highest BCUT2D eigenvalue weighted by molar-refractivity contribution is 4.80. The first kappa shape index (κ1) is 10.4. The fourth-order valence-electron chi connectivity index (χ4n) is 2.95. The topological polar surface area (TPSA) is 6.48 Å². The molecule has 0 spiro atoms. The zero-order valence-corrected chi connectivity index (χ0v) is 9.71. The van der Waals surface area contributed by atoms with Crippen molar-refractivity contribution in [2.24, 2.45) is 11.8 Å². The number of likely N-dealkylation sites (tertiary alicyclic amines) is 2. The van der Waals surface area contributed by atoms with Crippen LogP contribution in [-0.2, 0) is 0 Å². The minimum Gasteiger partial charge on any atom is -0.306 e. The van der Waals surface area contributed by atoms with E-state index in [4.69, 9.17) is 0 Å². The normalized spacial score (nSPS) is 35.6. The Morgan fingerprint density at radius 2 is 1.86 bits per heavy atom. The van der Waals surface area contributed by atoms with Crippen LogP contribution in [0.25, 0.3) is 0 Å². The van der Waals surface area contributed by atoms with Crippen LogP contribution in [0, 0.1) is 11.8 Å². The van der Waals surface area contributed by atoms with Crippen molar-refractivity contribution in [1.82, 2.24) is 9.80 Å². The highest BCUT2D eigenvalue weighted by Crippen LogP contribution is 2.22. The van der Waals surface area contributed by atoms with Crippen molar-refractivity contribution < 1.29 is 0 Å². The summed E-state index contributed by atoms with van der Waals surface area (Å²) in [6, 6.07) is 0. The van der Waals surface area contributed by atoms with Gasteiger partial charge in [0.15, 0.2) is 0 Å². The van der Waals surface area contributed by atoms with Crippen LogP contribution in [0.5, 0.6) is 0 Å². The van der Waals surface area contributed by atoms with Gasteiger partial charge >= 0.3 is 0 Å². The molecule has 2 heterocycles. The Kier molecular flexibility index (Phi) is 3.45. The molecule has 2 aliphatic rings. The van der Waals surface area contributed by atoms with Crippen LogP contribution < -0.4 is 0 Å². The molecule has 0 bridgehead atoms. The molecule has 0 aromatic carbocycles. The molecule has 0 radical (unpaired) electrons. The average molecular weight is 196 g/mol. The van der Waals surface area contributed by atoms with Gasteiger partial charge in [0.25, 0.3) is 0 Å². The van der Waals surface area contributed by atoms with Crippen LogP contribution in [0.3, 0.4) is 0 Å². The number of hydrogen-bond acceptors (Lipinski definition) is 2. The van der Waals surface area contributed by atoms with Gasteiger partial charge in [0, 0.05) is 19.6 Å². The highest BCUT2D eigenvalue weighted by Gasteiger charge is 2.26. The van der Waals surface area contributed by atoms with Gasteiger partial charge in [-0.3, -0.25) is 0 Å². The monoisotopic (exact) mass is 196 g/mol. The van der Waals surface area contributed by atoms with Crippen LogP contribution >= 0.6 is 0 Å². The third-order valence-electron chi connectivity index (χ3n) is 3.95. The molecule has 82 valence electrons. The van der Waals surface area contributed by atoms with Gasteiger partial charge in [0.05, 0.1) is 0 Å². The highest BCUT2D eigenvalue weighted by atomic mass is 15.2. The van der Waals surface area contributed by atoms with Crippen LogP contribution in [0.2, 0.25) is 0 Å². The molecule has 2 saturated heterocycles. The lowest BCUT2D eigenvalue weighted by Gasteiger charge is -2.20. The Labute approximate surface area is 88.3 Å². The Morgan fingerprint density at radius 3 is 2.43 bits per heavy atom. The standard InChI is InChI=1S/C12H24N2/c1-3-11-5-7-14(9-11)10-12-4-6-13(2)8-12/h11-12H,3-10H2,1-2H3/t11?,12-/m0/s1. The number of nitrogens with zero attached hydrogens (tertiary/aromatic N) is 2. The summed E-state index contributed by atoms with van der Waals surface area (Å²) in [7, 11) is 2.25. The van der Waals surface area contributed by atoms with E-state index < -0.39 is 0 Å². The maximum atomic E-state index is 2.69. The van der Waals surface area contributed by atoms with Gasteiger partial charge < -0.3 is 9.80 Å². The van der Waals surface area contributed by atoms with E-state index >= 15 is 0 Å². The number of hydrogen-bond donors (Lipinski definition) is 0. The lowest BCUT2D eigenvalue weighted by atomic mass is 10.1. The van der Waals surface area contributed by atoms with E-state index in [0.29, 0.717) is 0 Å².